The zero-order valence-corrected chi connectivity index (χ0v) is 30.8. The van der Waals surface area contributed by atoms with Crippen LogP contribution in [0.25, 0.3) is 114 Å². The zero-order chi connectivity index (χ0) is 36.7. The van der Waals surface area contributed by atoms with E-state index in [0.717, 1.165) is 22.1 Å². The van der Waals surface area contributed by atoms with Gasteiger partial charge in [0.2, 0.25) is 0 Å². The van der Waals surface area contributed by atoms with Crippen molar-refractivity contribution in [2.75, 3.05) is 0 Å². The first kappa shape index (κ1) is 31.2. The second-order valence-electron chi connectivity index (χ2n) is 14.4. The van der Waals surface area contributed by atoms with Crippen molar-refractivity contribution in [1.29, 1.82) is 0 Å². The lowest BCUT2D eigenvalue weighted by Gasteiger charge is -2.13. The smallest absolute Gasteiger partial charge is 0.164 e. The monoisotopic (exact) mass is 730 g/mol. The fraction of sp³-hybridized carbons (Fsp3) is 0. The van der Waals surface area contributed by atoms with Crippen LogP contribution in [-0.2, 0) is 0 Å². The van der Waals surface area contributed by atoms with Gasteiger partial charge in [-0.2, -0.15) is 0 Å². The number of rotatable bonds is 4. The first-order valence-electron chi connectivity index (χ1n) is 18.9. The van der Waals surface area contributed by atoms with Crippen LogP contribution >= 0.6 is 11.3 Å². The largest absolute Gasteiger partial charge is 0.307 e. The zero-order valence-electron chi connectivity index (χ0n) is 30.0. The summed E-state index contributed by atoms with van der Waals surface area (Å²) in [6, 6.07) is 65.1. The van der Waals surface area contributed by atoms with E-state index in [-0.39, 0.29) is 0 Å². The third-order valence-corrected chi connectivity index (χ3v) is 12.3. The van der Waals surface area contributed by atoms with Gasteiger partial charge in [0, 0.05) is 58.4 Å². The highest BCUT2D eigenvalue weighted by molar-refractivity contribution is 7.26. The molecule has 56 heavy (non-hydrogen) atoms. The van der Waals surface area contributed by atoms with Crippen molar-refractivity contribution in [3.63, 3.8) is 0 Å². The Kier molecular flexibility index (Phi) is 6.76. The van der Waals surface area contributed by atoms with Crippen LogP contribution in [0.3, 0.4) is 0 Å². The molecule has 9 aromatic carbocycles. The number of hydrogen-bond acceptors (Lipinski definition) is 4. The highest BCUT2D eigenvalue weighted by atomic mass is 32.1. The molecule has 0 unspecified atom stereocenters. The van der Waals surface area contributed by atoms with Crippen LogP contribution < -0.4 is 0 Å². The quantitative estimate of drug-likeness (QED) is 0.181. The summed E-state index contributed by atoms with van der Waals surface area (Å²) in [5, 5.41) is 12.3. The normalized spacial score (nSPS) is 11.9. The van der Waals surface area contributed by atoms with Gasteiger partial charge in [-0.1, -0.05) is 158 Å². The van der Waals surface area contributed by atoms with Crippen LogP contribution in [0.1, 0.15) is 0 Å². The molecule has 3 aromatic heterocycles. The molecule has 0 N–H and O–H groups in total. The average molecular weight is 731 g/mol. The minimum absolute atomic E-state index is 0.655. The summed E-state index contributed by atoms with van der Waals surface area (Å²) in [7, 11) is 0. The average Bonchev–Trinajstić information content (AvgIpc) is 3.82. The Labute approximate surface area is 325 Å². The van der Waals surface area contributed by atoms with Gasteiger partial charge in [-0.3, -0.25) is 0 Å². The second-order valence-corrected chi connectivity index (χ2v) is 15.5. The van der Waals surface area contributed by atoms with E-state index in [9.17, 15) is 0 Å². The number of hydrogen-bond donors (Lipinski definition) is 0. The van der Waals surface area contributed by atoms with E-state index in [1.54, 1.807) is 0 Å². The topological polar surface area (TPSA) is 43.6 Å². The van der Waals surface area contributed by atoms with Crippen molar-refractivity contribution in [2.45, 2.75) is 0 Å². The molecule has 0 aliphatic rings. The minimum atomic E-state index is 0.655. The van der Waals surface area contributed by atoms with Gasteiger partial charge in [0.15, 0.2) is 17.5 Å². The van der Waals surface area contributed by atoms with Crippen LogP contribution in [0.2, 0.25) is 0 Å². The lowest BCUT2D eigenvalue weighted by atomic mass is 10.0. The third-order valence-electron chi connectivity index (χ3n) is 11.2. The van der Waals surface area contributed by atoms with Crippen molar-refractivity contribution >= 4 is 85.6 Å². The Balaban J connectivity index is 1.10. The Bertz CT molecular complexity index is 3450. The molecule has 0 atom stereocenters. The summed E-state index contributed by atoms with van der Waals surface area (Å²) in [5.41, 5.74) is 6.52. The van der Waals surface area contributed by atoms with Gasteiger partial charge in [-0.15, -0.1) is 11.3 Å². The van der Waals surface area contributed by atoms with Crippen molar-refractivity contribution < 1.29 is 0 Å². The van der Waals surface area contributed by atoms with Gasteiger partial charge in [0.25, 0.3) is 0 Å². The van der Waals surface area contributed by atoms with Crippen LogP contribution in [-0.4, -0.2) is 19.5 Å². The van der Waals surface area contributed by atoms with Crippen LogP contribution in [0.15, 0.2) is 182 Å². The molecule has 0 amide bonds. The van der Waals surface area contributed by atoms with Crippen molar-refractivity contribution in [2.24, 2.45) is 0 Å². The number of aromatic nitrogens is 4. The lowest BCUT2D eigenvalue weighted by molar-refractivity contribution is 1.08. The van der Waals surface area contributed by atoms with Gasteiger partial charge in [0.1, 0.15) is 0 Å². The first-order valence-corrected chi connectivity index (χ1v) is 19.7. The summed E-state index contributed by atoms with van der Waals surface area (Å²) in [4.78, 5) is 15.2. The number of thiophene rings is 1. The molecule has 0 radical (unpaired) electrons. The van der Waals surface area contributed by atoms with E-state index < -0.39 is 0 Å². The Hall–Kier alpha value is -7.21. The molecule has 0 fully saturated rings. The molecule has 0 spiro atoms. The molecule has 12 aromatic rings. The van der Waals surface area contributed by atoms with Gasteiger partial charge in [0.05, 0.1) is 16.7 Å². The fourth-order valence-corrected chi connectivity index (χ4v) is 9.76. The van der Waals surface area contributed by atoms with E-state index in [1.165, 1.54) is 74.6 Å². The summed E-state index contributed by atoms with van der Waals surface area (Å²) >= 11 is 1.82. The predicted molar refractivity (Wildman–Crippen MR) is 236 cm³/mol. The van der Waals surface area contributed by atoms with Gasteiger partial charge >= 0.3 is 0 Å². The minimum Gasteiger partial charge on any atom is -0.307 e. The van der Waals surface area contributed by atoms with Crippen LogP contribution in [0.4, 0.5) is 0 Å². The maximum Gasteiger partial charge on any atom is 0.164 e. The third kappa shape index (κ3) is 4.75. The van der Waals surface area contributed by atoms with Crippen molar-refractivity contribution in [1.82, 2.24) is 19.5 Å². The Morgan fingerprint density at radius 2 is 0.875 bits per heavy atom. The van der Waals surface area contributed by atoms with E-state index in [0.29, 0.717) is 17.5 Å². The standard InChI is InChI=1S/C51H30N4S/c1-2-14-34(15-3-1)49-52-50(36-22-21-31-11-4-5-16-35(31)29-36)54-51(53-49)37-25-28-42-45(30-37)56-44-20-10-19-43(46(42)44)55-47-38-17-8-6-12-32(38)23-26-40(47)41-27-24-33-13-7-9-18-39(33)48(41)55/h1-30H. The summed E-state index contributed by atoms with van der Waals surface area (Å²) in [6.07, 6.45) is 0. The van der Waals surface area contributed by atoms with Crippen LogP contribution in [0, 0.1) is 0 Å². The molecular formula is C51H30N4S. The van der Waals surface area contributed by atoms with Crippen molar-refractivity contribution in [3.8, 4) is 39.9 Å². The predicted octanol–water partition coefficient (Wildman–Crippen LogP) is 13.8. The molecule has 0 aliphatic carbocycles. The van der Waals surface area contributed by atoms with Gasteiger partial charge in [-0.05, 0) is 45.8 Å². The molecule has 0 saturated heterocycles. The van der Waals surface area contributed by atoms with E-state index in [2.05, 4.69) is 168 Å². The summed E-state index contributed by atoms with van der Waals surface area (Å²) < 4.78 is 4.96. The molecule has 0 bridgehead atoms. The number of nitrogens with zero attached hydrogens (tertiary/aromatic N) is 4. The van der Waals surface area contributed by atoms with E-state index in [4.69, 9.17) is 15.0 Å². The molecule has 4 nitrogen and oxygen atoms in total. The maximum absolute atomic E-state index is 5.13. The summed E-state index contributed by atoms with van der Waals surface area (Å²) in [5.74, 6) is 1.97. The Morgan fingerprint density at radius 1 is 0.339 bits per heavy atom. The van der Waals surface area contributed by atoms with Crippen molar-refractivity contribution in [3.05, 3.63) is 182 Å². The summed E-state index contributed by atoms with van der Waals surface area (Å²) in [6.45, 7) is 0. The fourth-order valence-electron chi connectivity index (χ4n) is 8.59. The number of fused-ring (bicyclic) bond motifs is 11. The lowest BCUT2D eigenvalue weighted by Crippen LogP contribution is -2.00. The molecule has 0 aliphatic heterocycles. The molecule has 12 rings (SSSR count). The highest BCUT2D eigenvalue weighted by Crippen LogP contribution is 2.45. The first-order chi connectivity index (χ1) is 27.7. The second kappa shape index (κ2) is 12.2. The maximum atomic E-state index is 5.13. The molecule has 0 saturated carbocycles. The molecule has 260 valence electrons. The van der Waals surface area contributed by atoms with E-state index in [1.807, 2.05) is 29.5 Å². The number of benzene rings is 9. The van der Waals surface area contributed by atoms with E-state index >= 15 is 0 Å². The van der Waals surface area contributed by atoms with Crippen LogP contribution in [0.5, 0.6) is 0 Å². The highest BCUT2D eigenvalue weighted by Gasteiger charge is 2.21. The molecule has 5 heteroatoms. The molecule has 3 heterocycles. The molecular weight excluding hydrogens is 701 g/mol. The van der Waals surface area contributed by atoms with Gasteiger partial charge < -0.3 is 4.57 Å². The van der Waals surface area contributed by atoms with Gasteiger partial charge in [-0.25, -0.2) is 15.0 Å². The SMILES string of the molecule is c1ccc(-c2nc(-c3ccc4ccccc4c3)nc(-c3ccc4c(c3)sc3cccc(-n5c6c7ccccc7ccc6c6ccc7ccccc7c65)c34)n2)cc1. The Morgan fingerprint density at radius 3 is 1.57 bits per heavy atom.